The van der Waals surface area contributed by atoms with E-state index in [1.54, 1.807) is 6.20 Å². The first kappa shape index (κ1) is 13.3. The lowest BCUT2D eigenvalue weighted by Gasteiger charge is -2.08. The van der Waals surface area contributed by atoms with Crippen LogP contribution in [0.3, 0.4) is 0 Å². The smallest absolute Gasteiger partial charge is 0.272 e. The molecule has 1 amide bonds. The molecule has 1 atom stereocenters. The Bertz CT molecular complexity index is 803. The molecule has 0 saturated carbocycles. The summed E-state index contributed by atoms with van der Waals surface area (Å²) >= 11 is 0. The minimum Gasteiger partial charge on any atom is -0.341 e. The van der Waals surface area contributed by atoms with Crippen LogP contribution in [0.2, 0.25) is 0 Å². The minimum absolute atomic E-state index is 0.243. The number of aromatic amines is 1. The Kier molecular flexibility index (Phi) is 3.17. The number of amides is 1. The van der Waals surface area contributed by atoms with Gasteiger partial charge in [0.2, 0.25) is 0 Å². The molecule has 0 aliphatic rings. The first-order valence-electron chi connectivity index (χ1n) is 6.68. The highest BCUT2D eigenvalue weighted by Gasteiger charge is 2.17. The van der Waals surface area contributed by atoms with Crippen LogP contribution in [0, 0.1) is 13.8 Å². The fourth-order valence-corrected chi connectivity index (χ4v) is 2.15. The molecule has 0 radical (unpaired) electrons. The third kappa shape index (κ3) is 2.49. The van der Waals surface area contributed by atoms with Crippen molar-refractivity contribution >= 4 is 11.6 Å². The molecule has 7 heteroatoms. The Balaban J connectivity index is 1.82. The SMILES string of the molecule is Cc1nc(C(C)NC(=O)c2cn3cccc(C)c3n2)n[nH]1. The topological polar surface area (TPSA) is 88.0 Å². The van der Waals surface area contributed by atoms with Crippen LogP contribution < -0.4 is 5.32 Å². The summed E-state index contributed by atoms with van der Waals surface area (Å²) < 4.78 is 1.84. The Labute approximate surface area is 121 Å². The molecule has 3 heterocycles. The second-order valence-electron chi connectivity index (χ2n) is 5.02. The second kappa shape index (κ2) is 5.01. The van der Waals surface area contributed by atoms with Crippen LogP contribution in [0.1, 0.15) is 40.7 Å². The summed E-state index contributed by atoms with van der Waals surface area (Å²) in [5.74, 6) is 1.03. The van der Waals surface area contributed by atoms with Crippen LogP contribution in [0.25, 0.3) is 5.65 Å². The summed E-state index contributed by atoms with van der Waals surface area (Å²) in [6.07, 6.45) is 3.59. The maximum atomic E-state index is 12.3. The quantitative estimate of drug-likeness (QED) is 0.764. The fourth-order valence-electron chi connectivity index (χ4n) is 2.15. The summed E-state index contributed by atoms with van der Waals surface area (Å²) in [7, 11) is 0. The van der Waals surface area contributed by atoms with E-state index in [2.05, 4.69) is 25.5 Å². The maximum Gasteiger partial charge on any atom is 0.272 e. The molecule has 3 rings (SSSR count). The van der Waals surface area contributed by atoms with Gasteiger partial charge in [0.1, 0.15) is 17.2 Å². The average molecular weight is 284 g/mol. The Morgan fingerprint density at radius 1 is 1.38 bits per heavy atom. The van der Waals surface area contributed by atoms with Gasteiger partial charge in [0, 0.05) is 12.4 Å². The van der Waals surface area contributed by atoms with Gasteiger partial charge in [0.25, 0.3) is 5.91 Å². The summed E-state index contributed by atoms with van der Waals surface area (Å²) in [6, 6.07) is 3.60. The standard InChI is InChI=1S/C14H16N6O/c1-8-5-4-6-20-7-11(17-13(8)20)14(21)15-9(2)12-16-10(3)18-19-12/h4-7,9H,1-3H3,(H,15,21)(H,16,18,19). The van der Waals surface area contributed by atoms with Crippen molar-refractivity contribution in [3.05, 3.63) is 47.4 Å². The number of hydrogen-bond donors (Lipinski definition) is 2. The molecule has 0 aliphatic carbocycles. The highest BCUT2D eigenvalue weighted by molar-refractivity contribution is 5.93. The van der Waals surface area contributed by atoms with Gasteiger partial charge < -0.3 is 9.72 Å². The van der Waals surface area contributed by atoms with E-state index < -0.39 is 0 Å². The normalized spacial score (nSPS) is 12.5. The number of fused-ring (bicyclic) bond motifs is 1. The predicted octanol–water partition coefficient (Wildman–Crippen LogP) is 1.56. The molecular formula is C14H16N6O. The maximum absolute atomic E-state index is 12.3. The van der Waals surface area contributed by atoms with Gasteiger partial charge in [-0.05, 0) is 32.4 Å². The largest absolute Gasteiger partial charge is 0.341 e. The highest BCUT2D eigenvalue weighted by Crippen LogP contribution is 2.12. The zero-order valence-corrected chi connectivity index (χ0v) is 12.1. The number of aryl methyl sites for hydroxylation is 2. The molecule has 3 aromatic rings. The van der Waals surface area contributed by atoms with Gasteiger partial charge in [-0.2, -0.15) is 5.10 Å². The van der Waals surface area contributed by atoms with Gasteiger partial charge in [-0.15, -0.1) is 0 Å². The number of hydrogen-bond acceptors (Lipinski definition) is 4. The molecule has 1 unspecified atom stereocenters. The van der Waals surface area contributed by atoms with Gasteiger partial charge in [0.05, 0.1) is 6.04 Å². The molecule has 3 aromatic heterocycles. The van der Waals surface area contributed by atoms with E-state index in [1.807, 2.05) is 43.5 Å². The van der Waals surface area contributed by atoms with Gasteiger partial charge in [0.15, 0.2) is 5.82 Å². The number of rotatable bonds is 3. The third-order valence-corrected chi connectivity index (χ3v) is 3.26. The lowest BCUT2D eigenvalue weighted by atomic mass is 10.3. The summed E-state index contributed by atoms with van der Waals surface area (Å²) in [4.78, 5) is 20.8. The number of carbonyl (C=O) groups excluding carboxylic acids is 1. The van der Waals surface area contributed by atoms with Crippen molar-refractivity contribution in [3.8, 4) is 0 Å². The molecule has 0 spiro atoms. The summed E-state index contributed by atoms with van der Waals surface area (Å²) in [5.41, 5.74) is 2.18. The Hall–Kier alpha value is -2.70. The van der Waals surface area contributed by atoms with Crippen LogP contribution in [0.5, 0.6) is 0 Å². The monoisotopic (exact) mass is 284 g/mol. The van der Waals surface area contributed by atoms with E-state index in [-0.39, 0.29) is 11.9 Å². The van der Waals surface area contributed by atoms with E-state index in [9.17, 15) is 4.79 Å². The van der Waals surface area contributed by atoms with Crippen LogP contribution in [0.15, 0.2) is 24.5 Å². The van der Waals surface area contributed by atoms with Gasteiger partial charge in [-0.1, -0.05) is 6.07 Å². The minimum atomic E-state index is -0.284. The second-order valence-corrected chi connectivity index (χ2v) is 5.02. The van der Waals surface area contributed by atoms with Gasteiger partial charge in [-0.25, -0.2) is 9.97 Å². The number of pyridine rings is 1. The van der Waals surface area contributed by atoms with Crippen molar-refractivity contribution in [2.45, 2.75) is 26.8 Å². The number of imidazole rings is 1. The zero-order chi connectivity index (χ0) is 15.0. The van der Waals surface area contributed by atoms with E-state index >= 15 is 0 Å². The zero-order valence-electron chi connectivity index (χ0n) is 12.1. The molecule has 2 N–H and O–H groups in total. The molecule has 0 aromatic carbocycles. The lowest BCUT2D eigenvalue weighted by Crippen LogP contribution is -2.27. The van der Waals surface area contributed by atoms with Gasteiger partial charge in [-0.3, -0.25) is 9.89 Å². The Morgan fingerprint density at radius 2 is 2.19 bits per heavy atom. The van der Waals surface area contributed by atoms with Crippen molar-refractivity contribution in [1.82, 2.24) is 29.9 Å². The summed E-state index contributed by atoms with van der Waals surface area (Å²) in [5, 5.41) is 9.65. The van der Waals surface area contributed by atoms with E-state index in [1.165, 1.54) is 0 Å². The average Bonchev–Trinajstić information content (AvgIpc) is 3.05. The van der Waals surface area contributed by atoms with Crippen LogP contribution in [-0.2, 0) is 0 Å². The number of H-pyrrole nitrogens is 1. The van der Waals surface area contributed by atoms with Crippen molar-refractivity contribution in [2.75, 3.05) is 0 Å². The molecule has 21 heavy (non-hydrogen) atoms. The molecule has 0 fully saturated rings. The van der Waals surface area contributed by atoms with Crippen molar-refractivity contribution in [1.29, 1.82) is 0 Å². The number of nitrogens with zero attached hydrogens (tertiary/aromatic N) is 4. The molecule has 0 aliphatic heterocycles. The van der Waals surface area contributed by atoms with Crippen LogP contribution in [0.4, 0.5) is 0 Å². The lowest BCUT2D eigenvalue weighted by molar-refractivity contribution is 0.0934. The van der Waals surface area contributed by atoms with E-state index in [0.29, 0.717) is 11.5 Å². The van der Waals surface area contributed by atoms with Crippen molar-refractivity contribution in [2.24, 2.45) is 0 Å². The third-order valence-electron chi connectivity index (χ3n) is 3.26. The molecular weight excluding hydrogens is 268 g/mol. The van der Waals surface area contributed by atoms with Crippen LogP contribution >= 0.6 is 0 Å². The first-order valence-corrected chi connectivity index (χ1v) is 6.68. The van der Waals surface area contributed by atoms with Crippen LogP contribution in [-0.4, -0.2) is 30.5 Å². The summed E-state index contributed by atoms with van der Waals surface area (Å²) in [6.45, 7) is 5.61. The van der Waals surface area contributed by atoms with Crippen molar-refractivity contribution < 1.29 is 4.79 Å². The fraction of sp³-hybridized carbons (Fsp3) is 0.286. The molecule has 108 valence electrons. The molecule has 7 nitrogen and oxygen atoms in total. The number of carbonyl (C=O) groups is 1. The highest BCUT2D eigenvalue weighted by atomic mass is 16.2. The Morgan fingerprint density at radius 3 is 2.86 bits per heavy atom. The van der Waals surface area contributed by atoms with Gasteiger partial charge >= 0.3 is 0 Å². The number of nitrogens with one attached hydrogen (secondary N) is 2. The first-order chi connectivity index (χ1) is 10.0. The van der Waals surface area contributed by atoms with E-state index in [4.69, 9.17) is 0 Å². The predicted molar refractivity (Wildman–Crippen MR) is 76.9 cm³/mol. The molecule has 0 bridgehead atoms. The van der Waals surface area contributed by atoms with E-state index in [0.717, 1.165) is 17.0 Å². The number of aromatic nitrogens is 5. The molecule has 0 saturated heterocycles. The van der Waals surface area contributed by atoms with Crippen molar-refractivity contribution in [3.63, 3.8) is 0 Å².